The summed E-state index contributed by atoms with van der Waals surface area (Å²) < 4.78 is 169. The summed E-state index contributed by atoms with van der Waals surface area (Å²) >= 11 is 0. The van der Waals surface area contributed by atoms with Gasteiger partial charge < -0.3 is 96.7 Å². The van der Waals surface area contributed by atoms with Gasteiger partial charge in [-0.2, -0.15) is 19.9 Å². The van der Waals surface area contributed by atoms with Gasteiger partial charge in [0.1, 0.15) is 110 Å². The van der Waals surface area contributed by atoms with Gasteiger partial charge in [0.05, 0.1) is 70.3 Å². The highest BCUT2D eigenvalue weighted by molar-refractivity contribution is 7.48. The topological polar surface area (TPSA) is 872 Å². The molecule has 18 rings (SSSR count). The summed E-state index contributed by atoms with van der Waals surface area (Å²) in [6.45, 7) is -4.48. The fraction of sp³-hybridized carbons (Fsp3) is 0.463. The van der Waals surface area contributed by atoms with Crippen molar-refractivity contribution in [2.45, 2.75) is 181 Å². The molecule has 67 heteroatoms. The Balaban J connectivity index is 0.521. The molecule has 9 aromatic heterocycles. The van der Waals surface area contributed by atoms with E-state index in [2.05, 4.69) is 70.4 Å². The molecule has 22 N–H and O–H groups in total. The molecule has 62 nitrogen and oxygen atoms in total. The van der Waals surface area contributed by atoms with Crippen LogP contribution in [0.1, 0.15) is 123 Å². The predicted molar refractivity (Wildman–Crippen MR) is 498 cm³/mol. The zero-order chi connectivity index (χ0) is 104. The number of aromatic amines is 5. The largest absolute Gasteiger partial charge is 0.472 e. The van der Waals surface area contributed by atoms with Crippen molar-refractivity contribution in [1.29, 1.82) is 0 Å². The van der Waals surface area contributed by atoms with Crippen LogP contribution in [0.25, 0.3) is 50.7 Å². The van der Waals surface area contributed by atoms with Crippen LogP contribution in [-0.2, 0) is 106 Å². The highest BCUT2D eigenvalue weighted by Crippen LogP contribution is 2.57. The van der Waals surface area contributed by atoms with E-state index in [4.69, 9.17) is 96.6 Å². The maximum atomic E-state index is 14.6. The number of hydrogen-bond acceptors (Lipinski definition) is 44. The summed E-state index contributed by atoms with van der Waals surface area (Å²) in [7, 11) is -27.9. The van der Waals surface area contributed by atoms with Crippen molar-refractivity contribution in [1.82, 2.24) is 97.8 Å². The van der Waals surface area contributed by atoms with E-state index in [-0.39, 0.29) is 87.6 Å². The number of unbranched alkanes of at least 4 members (excludes halogenated alkanes) is 1. The molecule has 6 aliphatic heterocycles. The maximum absolute atomic E-state index is 14.6. The van der Waals surface area contributed by atoms with Crippen molar-refractivity contribution < 1.29 is 141 Å². The number of phosphoric acid groups is 5. The lowest BCUT2D eigenvalue weighted by atomic mass is 9.93. The number of aliphatic hydroxyl groups is 2. The summed E-state index contributed by atoms with van der Waals surface area (Å²) in [5, 5.41) is 27.2. The number of fused-ring (bicyclic) bond motifs is 6. The number of anilines is 4. The smallest absolute Gasteiger partial charge is 0.394 e. The Hall–Kier alpha value is -12.2. The molecule has 7 aliphatic rings. The number of benzene rings is 2. The molecule has 23 atom stereocenters. The summed E-state index contributed by atoms with van der Waals surface area (Å²) in [6.07, 6.45) is -21.8. The molecule has 0 bridgehead atoms. The zero-order valence-electron chi connectivity index (χ0n) is 76.5. The first-order chi connectivity index (χ1) is 69.9. The standard InChI is InChI=1S/C80H95N24O38P5/c1-36-25-100(79(115)97-70(36)109)60-22-46(140-143(117,118)127-28-50-43(106)19-58(133-50)102-33-87-64-67(102)91-75(82)94-72(64)111)52(135-60)30-130-147(125,126)142-48-24-63(104-35-89-66-69(104)93-77(84)96-74(66)113)137-54(48)32-131-145(121,122)139-45-21-59(99-17-14-55(81)90-78(99)114)134-51(45)29-129-146(123,124)141-47-23-62(103-34-88-65-68(103)92-76(83)95-73(65)112)136-53(47)31-128-144(119,120)138-44-20-61(132-49(44)27-105)101-26-37(71(110)98-80(101)116)12-13-56(107)85-15-6-7-16-86-57(108)18-42-40-10-4-2-8-38(40)39-9-3-5-11-41(39)42/h2-5,8-14,17,25-26,33-35,42-54,58-63,105-106H,6-7,15-16,18-24,27-32H2,1H3,(H,85,107)(H,86,108)(H,117,118)(H,119,120)(H,121,122)(H,123,124)(H,125,126)(H2,81,90,114)(H,97,109,115)(H,98,110,116)(H3,82,91,94,111)(H3,83,92,95,112)(H3,84,93,96,113)/b13-12+/t43-,44-,45-,46-,47-,48-,49+,50+,51+,52+,53+,54+,58+,59+,60+,61+,62+,63+/m0/s1. The number of nitrogens with one attached hydrogen (secondary N) is 7. The molecule has 5 unspecified atom stereocenters. The minimum Gasteiger partial charge on any atom is -0.394 e. The third kappa shape index (κ3) is 23.8. The third-order valence-electron chi connectivity index (χ3n) is 24.8. The van der Waals surface area contributed by atoms with E-state index in [0.29, 0.717) is 19.4 Å². The summed E-state index contributed by atoms with van der Waals surface area (Å²) in [5.74, 6) is -2.22. The number of hydrogen-bond donors (Lipinski definition) is 18. The van der Waals surface area contributed by atoms with Gasteiger partial charge in [-0.25, -0.2) is 52.2 Å². The molecular formula is C80H95N24O38P5. The van der Waals surface area contributed by atoms with Crippen LogP contribution >= 0.6 is 39.1 Å². The van der Waals surface area contributed by atoms with Gasteiger partial charge >= 0.3 is 56.2 Å². The molecule has 2 aromatic carbocycles. The van der Waals surface area contributed by atoms with Crippen LogP contribution in [0.3, 0.4) is 0 Å². The number of aromatic nitrogens is 18. The molecule has 1 aliphatic carbocycles. The monoisotopic (exact) mass is 2150 g/mol. The van der Waals surface area contributed by atoms with Crippen LogP contribution in [0.4, 0.5) is 23.7 Å². The first kappa shape index (κ1) is 105. The quantitative estimate of drug-likeness (QED) is 0.0127. The third-order valence-corrected chi connectivity index (χ3v) is 29.9. The number of aliphatic hydroxyl groups excluding tert-OH is 2. The number of carbonyl (C=O) groups excluding carboxylic acids is 2. The Bertz CT molecular complexity index is 7630. The van der Waals surface area contributed by atoms with Gasteiger partial charge in [-0.05, 0) is 54.2 Å². The molecule has 147 heavy (non-hydrogen) atoms. The minimum absolute atomic E-state index is 0.0201. The Kier molecular flexibility index (Phi) is 30.5. The normalized spacial score (nSPS) is 26.7. The molecule has 6 fully saturated rings. The fourth-order valence-corrected chi connectivity index (χ4v) is 22.7. The maximum Gasteiger partial charge on any atom is 0.472 e. The summed E-state index contributed by atoms with van der Waals surface area (Å²) in [6, 6.07) is 17.1. The van der Waals surface area contributed by atoms with Crippen molar-refractivity contribution in [2.75, 3.05) is 75.7 Å². The van der Waals surface area contributed by atoms with E-state index >= 15 is 0 Å². The van der Waals surface area contributed by atoms with Crippen LogP contribution in [0.15, 0.2) is 137 Å². The van der Waals surface area contributed by atoms with Gasteiger partial charge in [0, 0.05) is 94.2 Å². The van der Waals surface area contributed by atoms with E-state index in [9.17, 15) is 105 Å². The van der Waals surface area contributed by atoms with Gasteiger partial charge in [-0.3, -0.25) is 131 Å². The average molecular weight is 2160 g/mol. The van der Waals surface area contributed by atoms with Gasteiger partial charge in [0.25, 0.3) is 27.8 Å². The number of nitrogen functional groups attached to an aromatic ring is 4. The van der Waals surface area contributed by atoms with Crippen LogP contribution < -0.4 is 78.4 Å². The molecule has 15 heterocycles. The summed E-state index contributed by atoms with van der Waals surface area (Å²) in [5.41, 5.74) is 19.0. The van der Waals surface area contributed by atoms with E-state index in [1.54, 1.807) is 0 Å². The zero-order valence-corrected chi connectivity index (χ0v) is 80.9. The minimum atomic E-state index is -5.72. The van der Waals surface area contributed by atoms with Crippen LogP contribution in [0.2, 0.25) is 0 Å². The van der Waals surface area contributed by atoms with E-state index in [0.717, 1.165) is 94.6 Å². The van der Waals surface area contributed by atoms with Crippen molar-refractivity contribution in [3.63, 3.8) is 0 Å². The molecule has 788 valence electrons. The molecule has 11 aromatic rings. The molecule has 6 saturated heterocycles. The second kappa shape index (κ2) is 42.8. The number of H-pyrrole nitrogens is 5. The van der Waals surface area contributed by atoms with Crippen LogP contribution in [0, 0.1) is 6.92 Å². The van der Waals surface area contributed by atoms with Crippen molar-refractivity contribution in [3.05, 3.63) is 204 Å². The molecular weight excluding hydrogens is 2060 g/mol. The Morgan fingerprint density at radius 1 is 0.449 bits per heavy atom. The van der Waals surface area contributed by atoms with E-state index < -0.39 is 284 Å². The number of nitrogens with zero attached hydrogens (tertiary/aromatic N) is 13. The lowest BCUT2D eigenvalue weighted by Crippen LogP contribution is -2.33. The Labute approximate surface area is 820 Å². The highest BCUT2D eigenvalue weighted by atomic mass is 31.2. The number of aryl methyl sites for hydroxylation is 1. The number of ether oxygens (including phenoxy) is 6. The average Bonchev–Trinajstić information content (AvgIpc) is 1.61. The summed E-state index contributed by atoms with van der Waals surface area (Å²) in [4.78, 5) is 227. The first-order valence-corrected chi connectivity index (χ1v) is 52.5. The number of nitrogens with two attached hydrogens (primary N) is 4. The van der Waals surface area contributed by atoms with Gasteiger partial charge in [-0.1, -0.05) is 48.5 Å². The lowest BCUT2D eigenvalue weighted by molar-refractivity contribution is -0.121. The van der Waals surface area contributed by atoms with Gasteiger partial charge in [-0.15, -0.1) is 0 Å². The van der Waals surface area contributed by atoms with Gasteiger partial charge in [0.2, 0.25) is 29.7 Å². The van der Waals surface area contributed by atoms with Crippen molar-refractivity contribution in [2.24, 2.45) is 0 Å². The van der Waals surface area contributed by atoms with Crippen LogP contribution in [0.5, 0.6) is 0 Å². The molecule has 0 saturated carbocycles. The molecule has 0 spiro atoms. The second-order valence-electron chi connectivity index (χ2n) is 34.7. The number of phosphoric ester groups is 5. The Morgan fingerprint density at radius 2 is 0.810 bits per heavy atom. The van der Waals surface area contributed by atoms with Crippen molar-refractivity contribution >= 4 is 114 Å². The number of amides is 2. The fourth-order valence-electron chi connectivity index (χ4n) is 17.9. The number of imidazole rings is 3. The SMILES string of the molecule is Cc1cn([C@H]2C[C@H](OP(=O)(O)OC[C@H]3O[C@@H](n4cnc5c(=O)[nH]c(N)nc54)C[C@@H]3O)[C@@H](COP(=O)(O)O[C@H]3C[C@H](n4cnc5c(=O)[nH]c(N)nc54)O[C@@H]3COP(=O)(O)O[C@H]3C[C@H](n4ccc(N)nc4=O)O[C@@H]3COP(=O)(O)O[C@H]3C[C@H](n4cnc5c(=O)[nH]c(N)nc54)O[C@@H]3COP(=O)(O)O[C@H]3C[C@H](n4cc(/C=C/C(=O)NCCCCNC(=O)CC5c6ccccc6-c6ccccc65)c(=O)[nH]c4=O)O[C@@H]3CO)O2)c(=O)[nH]c1=O. The van der Waals surface area contributed by atoms with Gasteiger partial charge in [0.15, 0.2) is 33.5 Å². The van der Waals surface area contributed by atoms with E-state index in [1.807, 2.05) is 48.5 Å². The highest BCUT2D eigenvalue weighted by Gasteiger charge is 2.52. The van der Waals surface area contributed by atoms with Crippen LogP contribution in [-0.4, -0.2) is 260 Å². The number of carbonyl (C=O) groups is 2. The Morgan fingerprint density at radius 3 is 1.23 bits per heavy atom. The van der Waals surface area contributed by atoms with Crippen molar-refractivity contribution in [3.8, 4) is 11.1 Å². The number of rotatable bonds is 41. The molecule has 2 amide bonds. The molecule has 0 radical (unpaired) electrons. The second-order valence-corrected chi connectivity index (χ2v) is 41.7. The first-order valence-electron chi connectivity index (χ1n) is 45.0. The predicted octanol–water partition coefficient (Wildman–Crippen LogP) is -0.802. The lowest BCUT2D eigenvalue weighted by Gasteiger charge is -2.26. The van der Waals surface area contributed by atoms with E-state index in [1.165, 1.54) is 17.8 Å².